The molecule has 0 amide bonds. The Morgan fingerprint density at radius 2 is 1.95 bits per heavy atom. The summed E-state index contributed by atoms with van der Waals surface area (Å²) in [7, 11) is 1.73. The number of nitrogens with zero attached hydrogens (tertiary/aromatic N) is 2. The minimum absolute atomic E-state index is 0.173. The maximum Gasteiger partial charge on any atom is 0.218 e. The number of ketones is 1. The lowest BCUT2D eigenvalue weighted by molar-refractivity contribution is 0.103. The van der Waals surface area contributed by atoms with E-state index in [0.29, 0.717) is 22.4 Å². The number of pyridine rings is 1. The van der Waals surface area contributed by atoms with Crippen LogP contribution in [0.1, 0.15) is 21.6 Å². The van der Waals surface area contributed by atoms with E-state index in [1.807, 2.05) is 6.07 Å². The summed E-state index contributed by atoms with van der Waals surface area (Å²) in [6.07, 6.45) is 1.55. The minimum atomic E-state index is -0.287. The van der Waals surface area contributed by atoms with E-state index in [2.05, 4.69) is 9.97 Å². The number of nitrogens with one attached hydrogen (secondary N) is 1. The summed E-state index contributed by atoms with van der Waals surface area (Å²) >= 11 is 0. The smallest absolute Gasteiger partial charge is 0.218 e. The zero-order valence-electron chi connectivity index (χ0n) is 11.2. The van der Waals surface area contributed by atoms with E-state index in [1.165, 1.54) is 0 Å². The normalized spacial score (nSPS) is 10.9. The van der Waals surface area contributed by atoms with E-state index in [4.69, 9.17) is 0 Å². The lowest BCUT2D eigenvalue weighted by Gasteiger charge is -2.05. The van der Waals surface area contributed by atoms with E-state index in [-0.39, 0.29) is 16.8 Å². The van der Waals surface area contributed by atoms with Gasteiger partial charge in [-0.2, -0.15) is 0 Å². The second kappa shape index (κ2) is 4.45. The van der Waals surface area contributed by atoms with Crippen LogP contribution in [-0.2, 0) is 7.05 Å². The Bertz CT molecular complexity index is 860. The molecule has 0 spiro atoms. The zero-order chi connectivity index (χ0) is 14.3. The number of aromatic nitrogens is 3. The monoisotopic (exact) mass is 267 g/mol. The number of rotatable bonds is 2. The molecule has 5 heteroatoms. The first-order valence-corrected chi connectivity index (χ1v) is 6.23. The minimum Gasteiger partial charge on any atom is -0.341 e. The van der Waals surface area contributed by atoms with E-state index in [9.17, 15) is 9.59 Å². The fraction of sp³-hybridized carbons (Fsp3) is 0.133. The molecule has 0 saturated carbocycles. The Kier molecular flexibility index (Phi) is 2.75. The molecule has 0 aliphatic heterocycles. The Hall–Kier alpha value is -2.69. The van der Waals surface area contributed by atoms with Gasteiger partial charge in [-0.3, -0.25) is 9.59 Å². The molecule has 100 valence electrons. The third-order valence-electron chi connectivity index (χ3n) is 3.32. The van der Waals surface area contributed by atoms with Crippen molar-refractivity contribution in [2.45, 2.75) is 6.92 Å². The van der Waals surface area contributed by atoms with Gasteiger partial charge in [0.15, 0.2) is 11.4 Å². The van der Waals surface area contributed by atoms with Gasteiger partial charge in [0, 0.05) is 18.3 Å². The van der Waals surface area contributed by atoms with Crippen molar-refractivity contribution >= 4 is 16.9 Å². The number of hydrogen-bond donors (Lipinski definition) is 1. The van der Waals surface area contributed by atoms with Gasteiger partial charge >= 0.3 is 0 Å². The van der Waals surface area contributed by atoms with Gasteiger partial charge in [0.05, 0.1) is 11.9 Å². The van der Waals surface area contributed by atoms with Crippen molar-refractivity contribution in [2.24, 2.45) is 7.05 Å². The first-order valence-electron chi connectivity index (χ1n) is 6.23. The molecule has 2 heterocycles. The fourth-order valence-electron chi connectivity index (χ4n) is 2.33. The van der Waals surface area contributed by atoms with E-state index in [0.717, 1.165) is 0 Å². The van der Waals surface area contributed by atoms with Gasteiger partial charge in [0.2, 0.25) is 5.43 Å². The van der Waals surface area contributed by atoms with Gasteiger partial charge in [-0.25, -0.2) is 4.98 Å². The standard InChI is InChI=1S/C15H13N3O2/c1-9-11(13(19)10-6-4-3-5-7-10)14(20)12-15(17-9)16-8-18(12)2/h3-8H,1-2H3,(H,17,20). The first kappa shape index (κ1) is 12.3. The summed E-state index contributed by atoms with van der Waals surface area (Å²) in [5, 5.41) is 0. The van der Waals surface area contributed by atoms with Crippen molar-refractivity contribution in [1.29, 1.82) is 0 Å². The summed E-state index contributed by atoms with van der Waals surface area (Å²) in [5.41, 5.74) is 1.84. The van der Waals surface area contributed by atoms with Crippen molar-refractivity contribution in [3.8, 4) is 0 Å². The number of H-pyrrole nitrogens is 1. The van der Waals surface area contributed by atoms with Crippen molar-refractivity contribution in [3.63, 3.8) is 0 Å². The van der Waals surface area contributed by atoms with Crippen molar-refractivity contribution in [3.05, 3.63) is 63.7 Å². The largest absolute Gasteiger partial charge is 0.341 e. The summed E-state index contributed by atoms with van der Waals surface area (Å²) in [4.78, 5) is 32.2. The number of hydrogen-bond acceptors (Lipinski definition) is 3. The molecular weight excluding hydrogens is 254 g/mol. The van der Waals surface area contributed by atoms with Gasteiger partial charge in [0.1, 0.15) is 5.52 Å². The second-order valence-electron chi connectivity index (χ2n) is 4.70. The highest BCUT2D eigenvalue weighted by Crippen LogP contribution is 2.13. The molecule has 0 atom stereocenters. The van der Waals surface area contributed by atoms with E-state index >= 15 is 0 Å². The van der Waals surface area contributed by atoms with Gasteiger partial charge in [-0.15, -0.1) is 0 Å². The van der Waals surface area contributed by atoms with E-state index < -0.39 is 0 Å². The first-order chi connectivity index (χ1) is 9.59. The Balaban J connectivity index is 2.29. The maximum atomic E-state index is 12.5. The molecule has 5 nitrogen and oxygen atoms in total. The number of benzene rings is 1. The second-order valence-corrected chi connectivity index (χ2v) is 4.70. The zero-order valence-corrected chi connectivity index (χ0v) is 11.2. The van der Waals surface area contributed by atoms with Crippen molar-refractivity contribution in [2.75, 3.05) is 0 Å². The summed E-state index contributed by atoms with van der Waals surface area (Å²) in [6.45, 7) is 1.71. The quantitative estimate of drug-likeness (QED) is 0.720. The predicted octanol–water partition coefficient (Wildman–Crippen LogP) is 1.80. The molecule has 3 rings (SSSR count). The molecule has 0 radical (unpaired) electrons. The predicted molar refractivity (Wildman–Crippen MR) is 75.9 cm³/mol. The molecule has 0 fully saturated rings. The lowest BCUT2D eigenvalue weighted by atomic mass is 10.0. The highest BCUT2D eigenvalue weighted by Gasteiger charge is 2.19. The van der Waals surface area contributed by atoms with Crippen LogP contribution in [0.25, 0.3) is 11.2 Å². The average Bonchev–Trinajstić information content (AvgIpc) is 2.81. The lowest BCUT2D eigenvalue weighted by Crippen LogP contribution is -2.20. The van der Waals surface area contributed by atoms with Gasteiger partial charge in [-0.1, -0.05) is 30.3 Å². The summed E-state index contributed by atoms with van der Waals surface area (Å²) in [5.74, 6) is -0.271. The Morgan fingerprint density at radius 3 is 2.65 bits per heavy atom. The summed E-state index contributed by atoms with van der Waals surface area (Å²) < 4.78 is 1.62. The van der Waals surface area contributed by atoms with Crippen LogP contribution in [0.5, 0.6) is 0 Å². The SMILES string of the molecule is Cc1[nH]c2ncn(C)c2c(=O)c1C(=O)c1ccccc1. The van der Waals surface area contributed by atoms with Crippen LogP contribution >= 0.6 is 0 Å². The number of aryl methyl sites for hydroxylation is 2. The third kappa shape index (κ3) is 1.75. The van der Waals surface area contributed by atoms with Crippen molar-refractivity contribution in [1.82, 2.24) is 14.5 Å². The molecule has 0 aliphatic rings. The van der Waals surface area contributed by atoms with E-state index in [1.54, 1.807) is 49.1 Å². The average molecular weight is 267 g/mol. The molecule has 0 aliphatic carbocycles. The highest BCUT2D eigenvalue weighted by molar-refractivity contribution is 6.10. The number of imidazole rings is 1. The van der Waals surface area contributed by atoms with Gasteiger partial charge in [-0.05, 0) is 6.92 Å². The highest BCUT2D eigenvalue weighted by atomic mass is 16.1. The molecule has 0 unspecified atom stereocenters. The molecule has 3 aromatic rings. The van der Waals surface area contributed by atoms with Crippen molar-refractivity contribution < 1.29 is 4.79 Å². The molecule has 1 aromatic carbocycles. The topological polar surface area (TPSA) is 67.8 Å². The van der Waals surface area contributed by atoms with Crippen LogP contribution < -0.4 is 5.43 Å². The molecule has 1 N–H and O–H groups in total. The van der Waals surface area contributed by atoms with Crippen LogP contribution in [-0.4, -0.2) is 20.3 Å². The van der Waals surface area contributed by atoms with Gasteiger partial charge < -0.3 is 9.55 Å². The third-order valence-corrected chi connectivity index (χ3v) is 3.32. The molecule has 20 heavy (non-hydrogen) atoms. The number of fused-ring (bicyclic) bond motifs is 1. The number of aromatic amines is 1. The molecular formula is C15H13N3O2. The Morgan fingerprint density at radius 1 is 1.25 bits per heavy atom. The molecule has 2 aromatic heterocycles. The molecule has 0 bridgehead atoms. The van der Waals surface area contributed by atoms with Gasteiger partial charge in [0.25, 0.3) is 0 Å². The maximum absolute atomic E-state index is 12.5. The molecule has 0 saturated heterocycles. The van der Waals surface area contributed by atoms with Crippen LogP contribution in [0.4, 0.5) is 0 Å². The fourth-order valence-corrected chi connectivity index (χ4v) is 2.33. The number of carbonyl (C=O) groups excluding carboxylic acids is 1. The van der Waals surface area contributed by atoms with Crippen LogP contribution in [0.2, 0.25) is 0 Å². The number of carbonyl (C=O) groups is 1. The Labute approximate surface area is 114 Å². The van der Waals surface area contributed by atoms with Crippen LogP contribution in [0, 0.1) is 6.92 Å². The summed E-state index contributed by atoms with van der Waals surface area (Å²) in [6, 6.07) is 8.79. The van der Waals surface area contributed by atoms with Crippen LogP contribution in [0.3, 0.4) is 0 Å². The van der Waals surface area contributed by atoms with Crippen LogP contribution in [0.15, 0.2) is 41.5 Å².